The summed E-state index contributed by atoms with van der Waals surface area (Å²) >= 11 is 3.63. The molecule has 19 nitrogen and oxygen atoms in total. The fourth-order valence-electron chi connectivity index (χ4n) is 10.7. The van der Waals surface area contributed by atoms with Crippen molar-refractivity contribution in [3.8, 4) is 40.3 Å². The average molecular weight is 1440 g/mol. The van der Waals surface area contributed by atoms with E-state index < -0.39 is 26.0 Å². The summed E-state index contributed by atoms with van der Waals surface area (Å²) in [5.74, 6) is 1.81. The fraction of sp³-hybridized carbons (Fsp3) is 0.355. The number of methoxy groups -OCH3 is 8. The predicted molar refractivity (Wildman–Crippen MR) is 402 cm³/mol. The minimum atomic E-state index is -3.40. The molecule has 1 atom stereocenters. The molecule has 0 fully saturated rings. The molecule has 0 bridgehead atoms. The van der Waals surface area contributed by atoms with Gasteiger partial charge in [-0.2, -0.15) is 9.98 Å². The van der Waals surface area contributed by atoms with Gasteiger partial charge in [-0.15, -0.1) is 0 Å². The van der Waals surface area contributed by atoms with E-state index in [1.165, 1.54) is 30.9 Å². The Hall–Kier alpha value is -8.67. The molecule has 0 aliphatic carbocycles. The molecule has 2 N–H and O–H groups in total. The molecule has 1 unspecified atom stereocenters. The van der Waals surface area contributed by atoms with Crippen molar-refractivity contribution in [3.05, 3.63) is 180 Å². The molecule has 6 aromatic carbocycles. The van der Waals surface area contributed by atoms with Crippen LogP contribution in [0.3, 0.4) is 0 Å². The maximum absolute atomic E-state index is 12.7. The van der Waals surface area contributed by atoms with Crippen molar-refractivity contribution in [2.45, 2.75) is 112 Å². The van der Waals surface area contributed by atoms with Gasteiger partial charge >= 0.3 is 12.0 Å². The van der Waals surface area contributed by atoms with Gasteiger partial charge in [0.25, 0.3) is 5.91 Å². The van der Waals surface area contributed by atoms with Crippen molar-refractivity contribution in [2.75, 3.05) is 78.8 Å². The van der Waals surface area contributed by atoms with Crippen molar-refractivity contribution < 1.29 is 59.5 Å². The van der Waals surface area contributed by atoms with Crippen LogP contribution in [-0.4, -0.2) is 114 Å². The third-order valence-electron chi connectivity index (χ3n) is 15.4. The number of aryl methyl sites for hydroxylation is 2. The van der Waals surface area contributed by atoms with Gasteiger partial charge in [0.05, 0.1) is 73.9 Å². The van der Waals surface area contributed by atoms with Crippen LogP contribution in [-0.2, 0) is 68.5 Å². The topological polar surface area (TPSA) is 234 Å². The van der Waals surface area contributed by atoms with Crippen LogP contribution in [0.4, 0.5) is 11.4 Å². The molecule has 7 aromatic rings. The monoisotopic (exact) mass is 1440 g/mol. The number of nitrogens with zero attached hydrogens (tertiary/aromatic N) is 4. The molecule has 524 valence electrons. The third-order valence-corrected chi connectivity index (χ3v) is 17.1. The Labute approximate surface area is 588 Å². The summed E-state index contributed by atoms with van der Waals surface area (Å²) in [6, 6.07) is 29.5. The Morgan fingerprint density at radius 1 is 0.520 bits per heavy atom. The van der Waals surface area contributed by atoms with E-state index in [9.17, 15) is 21.6 Å². The average Bonchev–Trinajstić information content (AvgIpc) is 0.790. The maximum atomic E-state index is 12.7. The second-order valence-corrected chi connectivity index (χ2v) is 30.8. The first-order valence-electron chi connectivity index (χ1n) is 31.3. The number of rotatable bonds is 21. The molecule has 0 saturated heterocycles. The van der Waals surface area contributed by atoms with E-state index in [0.717, 1.165) is 95.2 Å². The summed E-state index contributed by atoms with van der Waals surface area (Å²) in [5, 5.41) is 0. The van der Waals surface area contributed by atoms with E-state index in [1.54, 1.807) is 79.3 Å². The lowest BCUT2D eigenvalue weighted by Crippen LogP contribution is -2.21. The zero-order valence-corrected chi connectivity index (χ0v) is 63.3. The van der Waals surface area contributed by atoms with Gasteiger partial charge in [-0.05, 0) is 129 Å². The molecule has 0 saturated carbocycles. The summed E-state index contributed by atoms with van der Waals surface area (Å²) in [4.78, 5) is 29.4. The van der Waals surface area contributed by atoms with Crippen molar-refractivity contribution >= 4 is 102 Å². The van der Waals surface area contributed by atoms with Gasteiger partial charge in [-0.3, -0.25) is 14.2 Å². The lowest BCUT2D eigenvalue weighted by atomic mass is 9.82. The molecule has 1 amide bonds. The first kappa shape index (κ1) is 78.3. The molecule has 1 aliphatic heterocycles. The van der Waals surface area contributed by atoms with E-state index in [2.05, 4.69) is 163 Å². The number of anilines is 2. The second kappa shape index (κ2) is 33.7. The van der Waals surface area contributed by atoms with Gasteiger partial charge in [-0.25, -0.2) is 26.8 Å². The van der Waals surface area contributed by atoms with E-state index in [-0.39, 0.29) is 34.2 Å². The predicted octanol–water partition coefficient (Wildman–Crippen LogP) is 16.1. The largest absolute Gasteiger partial charge is 0.496 e. The number of amides is 1. The molecule has 98 heavy (non-hydrogen) atoms. The van der Waals surface area contributed by atoms with Crippen molar-refractivity contribution in [1.29, 1.82) is 0 Å². The highest BCUT2D eigenvalue weighted by Gasteiger charge is 2.29. The molecule has 0 spiro atoms. The van der Waals surface area contributed by atoms with E-state index in [1.807, 2.05) is 61.6 Å². The van der Waals surface area contributed by atoms with Crippen molar-refractivity contribution in [3.63, 3.8) is 0 Å². The number of amidine groups is 1. The van der Waals surface area contributed by atoms with Crippen LogP contribution < -0.4 is 33.1 Å². The molecule has 1 aliphatic rings. The number of halogens is 1. The Balaban J connectivity index is 0.000000237. The molecule has 0 radical (unpaired) electrons. The molecule has 8 rings (SSSR count). The SMILES string of the molecule is COC1=NC(=O)C(c2cc(/C=C/c3ccc(NS(C)(=O)=O)cc3C)c(OC)c(C(C)(C)C)c2)C=N1.COCc1cc(C)ccc1/C=C/c1cc(Br)cc(C(C)(C)C)c1OC.COCc1cc(NS(C)(=O)=O)ccc1/C=C/c1cc(-c2cnc(OC)nc2OC)cc(C(C)(C)C)c1OC. The lowest BCUT2D eigenvalue weighted by molar-refractivity contribution is -0.118. The normalized spacial score (nSPS) is 13.6. The molecule has 2 heterocycles. The summed E-state index contributed by atoms with van der Waals surface area (Å²) < 4.78 is 96.3. The van der Waals surface area contributed by atoms with Crippen LogP contribution in [0, 0.1) is 13.8 Å². The van der Waals surface area contributed by atoms with Crippen molar-refractivity contribution in [2.24, 2.45) is 9.98 Å². The van der Waals surface area contributed by atoms with E-state index in [4.69, 9.17) is 37.9 Å². The lowest BCUT2D eigenvalue weighted by Gasteiger charge is -2.26. The van der Waals surface area contributed by atoms with Gasteiger partial charge in [-0.1, -0.05) is 157 Å². The smallest absolute Gasteiger partial charge is 0.319 e. The van der Waals surface area contributed by atoms with Crippen LogP contribution >= 0.6 is 15.9 Å². The third kappa shape index (κ3) is 21.7. The molecule has 22 heteroatoms. The number of ether oxygens (including phenoxy) is 8. The Kier molecular flexibility index (Phi) is 27.0. The zero-order valence-electron chi connectivity index (χ0n) is 60.1. The standard InChI is InChI=1S/C28H35N3O6S.C26H31N3O5S.C22H27BrO2/c1-28(2,3)24-15-20(23-16-29-27(37-7)30-26(23)36-6)13-19(25(24)35-5)10-9-18-11-12-22(31-38(8,32)33)14-21(18)17-34-4;1-16-12-20(29-35(7,31)32)11-10-17(16)8-9-18-13-19(14-22(23(18)33-5)26(2,3)4)21-15-27-25(34-6)28-24(21)30;1-15-7-8-16(18(11-15)14-24-5)9-10-17-12-19(23)13-20(21(17)25-6)22(2,3)4/h9-16,31H,17H2,1-8H3;8-15,21,29H,1-7H3;7-13H,14H2,1-6H3/b10-9+;9-8+;10-9+. The fourth-order valence-corrected chi connectivity index (χ4v) is 12.3. The Bertz CT molecular complexity index is 4410. The maximum Gasteiger partial charge on any atom is 0.319 e. The van der Waals surface area contributed by atoms with Gasteiger partial charge in [0, 0.05) is 75.9 Å². The van der Waals surface area contributed by atoms with Crippen LogP contribution in [0.5, 0.6) is 29.1 Å². The quantitative estimate of drug-likeness (QED) is 0.0637. The minimum Gasteiger partial charge on any atom is -0.496 e. The summed E-state index contributed by atoms with van der Waals surface area (Å²) in [7, 11) is 6.06. The second-order valence-electron chi connectivity index (χ2n) is 26.4. The van der Waals surface area contributed by atoms with Crippen LogP contribution in [0.2, 0.25) is 0 Å². The zero-order chi connectivity index (χ0) is 72.7. The van der Waals surface area contributed by atoms with Crippen molar-refractivity contribution in [1.82, 2.24) is 9.97 Å². The summed E-state index contributed by atoms with van der Waals surface area (Å²) in [5.41, 5.74) is 15.8. The number of aliphatic imine (C=N–C) groups is 2. The highest BCUT2D eigenvalue weighted by atomic mass is 79.9. The number of benzene rings is 6. The van der Waals surface area contributed by atoms with Gasteiger partial charge in [0.2, 0.25) is 25.9 Å². The number of sulfonamides is 2. The van der Waals surface area contributed by atoms with Gasteiger partial charge in [0.15, 0.2) is 0 Å². The number of hydrogen-bond acceptors (Lipinski definition) is 16. The molecular weight excluding hydrogens is 1350 g/mol. The number of nitrogens with one attached hydrogen (secondary N) is 2. The number of carbonyl (C=O) groups is 1. The van der Waals surface area contributed by atoms with Crippen LogP contribution in [0.1, 0.15) is 146 Å². The van der Waals surface area contributed by atoms with Crippen LogP contribution in [0.15, 0.2) is 112 Å². The van der Waals surface area contributed by atoms with E-state index in [0.29, 0.717) is 41.8 Å². The Morgan fingerprint density at radius 3 is 1.47 bits per heavy atom. The van der Waals surface area contributed by atoms with Gasteiger partial charge < -0.3 is 37.9 Å². The van der Waals surface area contributed by atoms with Crippen LogP contribution in [0.25, 0.3) is 47.6 Å². The Morgan fingerprint density at radius 2 is 0.990 bits per heavy atom. The summed E-state index contributed by atoms with van der Waals surface area (Å²) in [6.45, 7) is 24.1. The summed E-state index contributed by atoms with van der Waals surface area (Å²) in [6.07, 6.45) is 17.5. The first-order chi connectivity index (χ1) is 46.0. The number of carbonyl (C=O) groups excluding carboxylic acids is 1. The highest BCUT2D eigenvalue weighted by Crippen LogP contribution is 2.43. The number of aromatic nitrogens is 2. The molecular formula is C76H93BrN6O13S2. The molecule has 1 aromatic heterocycles. The van der Waals surface area contributed by atoms with Gasteiger partial charge in [0.1, 0.15) is 23.2 Å². The number of hydrogen-bond donors (Lipinski definition) is 2. The minimum absolute atomic E-state index is 0.00276. The first-order valence-corrected chi connectivity index (χ1v) is 35.9. The van der Waals surface area contributed by atoms with E-state index >= 15 is 0 Å². The highest BCUT2D eigenvalue weighted by molar-refractivity contribution is 9.10.